The molecule has 0 spiro atoms. The Hall–Kier alpha value is -2.63. The lowest BCUT2D eigenvalue weighted by Crippen LogP contribution is -2.31. The molecule has 0 amide bonds. The number of nitrogens with zero attached hydrogens (tertiary/aromatic N) is 1. The number of aryl methyl sites for hydroxylation is 1. The van der Waals surface area contributed by atoms with Crippen LogP contribution in [0.25, 0.3) is 0 Å². The molecule has 4 nitrogen and oxygen atoms in total. The minimum absolute atomic E-state index is 0.586. The van der Waals surface area contributed by atoms with Crippen LogP contribution in [0.5, 0.6) is 11.5 Å². The Morgan fingerprint density at radius 2 is 1.65 bits per heavy atom. The van der Waals surface area contributed by atoms with Crippen LogP contribution in [-0.4, -0.2) is 27.9 Å². The molecule has 0 aliphatic carbocycles. The highest BCUT2D eigenvalue weighted by Gasteiger charge is 2.18. The van der Waals surface area contributed by atoms with E-state index in [9.17, 15) is 4.21 Å². The second-order valence-corrected chi connectivity index (χ2v) is 9.20. The van der Waals surface area contributed by atoms with Gasteiger partial charge in [-0.1, -0.05) is 48.5 Å². The predicted molar refractivity (Wildman–Crippen MR) is 126 cm³/mol. The normalized spacial score (nSPS) is 14.6. The van der Waals surface area contributed by atoms with Crippen molar-refractivity contribution >= 4 is 11.0 Å². The third kappa shape index (κ3) is 6.18. The van der Waals surface area contributed by atoms with Gasteiger partial charge in [-0.15, -0.1) is 0 Å². The van der Waals surface area contributed by atoms with Crippen molar-refractivity contribution in [3.8, 4) is 11.5 Å². The standard InChI is InChI=1S/C26H29NO3S/c1-31(28)27-16-15-23-18-26(14-11-24(23)19-27)29-17-5-8-21-9-12-25(13-10-21)30-20-22-6-3-2-4-7-22/h2-4,6-7,9-14,18H,5,8,15-17,19-20H2,1H3. The van der Waals surface area contributed by atoms with E-state index >= 15 is 0 Å². The molecule has 0 saturated heterocycles. The first kappa shape index (κ1) is 21.6. The van der Waals surface area contributed by atoms with Crippen LogP contribution in [0.3, 0.4) is 0 Å². The lowest BCUT2D eigenvalue weighted by atomic mass is 10.0. The van der Waals surface area contributed by atoms with Gasteiger partial charge in [0.1, 0.15) is 18.1 Å². The fourth-order valence-electron chi connectivity index (χ4n) is 3.77. The van der Waals surface area contributed by atoms with E-state index in [2.05, 4.69) is 36.4 Å². The molecule has 31 heavy (non-hydrogen) atoms. The Bertz CT molecular complexity index is 1000. The molecule has 1 atom stereocenters. The number of hydrogen-bond acceptors (Lipinski definition) is 3. The van der Waals surface area contributed by atoms with Crippen molar-refractivity contribution < 1.29 is 13.7 Å². The van der Waals surface area contributed by atoms with E-state index in [1.54, 1.807) is 6.26 Å². The van der Waals surface area contributed by atoms with Gasteiger partial charge < -0.3 is 9.47 Å². The first-order chi connectivity index (χ1) is 15.2. The highest BCUT2D eigenvalue weighted by Crippen LogP contribution is 2.24. The van der Waals surface area contributed by atoms with Gasteiger partial charge in [-0.25, -0.2) is 8.51 Å². The number of benzene rings is 3. The van der Waals surface area contributed by atoms with Crippen molar-refractivity contribution in [3.63, 3.8) is 0 Å². The smallest absolute Gasteiger partial charge is 0.119 e. The lowest BCUT2D eigenvalue weighted by molar-refractivity contribution is 0.305. The molecule has 3 aromatic rings. The first-order valence-corrected chi connectivity index (χ1v) is 12.3. The Kier molecular flexibility index (Phi) is 7.39. The van der Waals surface area contributed by atoms with E-state index in [0.29, 0.717) is 13.2 Å². The summed E-state index contributed by atoms with van der Waals surface area (Å²) in [7, 11) is -0.907. The van der Waals surface area contributed by atoms with Crippen molar-refractivity contribution in [3.05, 3.63) is 95.1 Å². The molecule has 0 aromatic heterocycles. The second kappa shape index (κ2) is 10.6. The van der Waals surface area contributed by atoms with Gasteiger partial charge in [0.2, 0.25) is 0 Å². The van der Waals surface area contributed by atoms with E-state index < -0.39 is 11.0 Å². The number of hydrogen-bond donors (Lipinski definition) is 0. The van der Waals surface area contributed by atoms with E-state index in [4.69, 9.17) is 9.47 Å². The van der Waals surface area contributed by atoms with E-state index in [0.717, 1.165) is 43.9 Å². The van der Waals surface area contributed by atoms with Crippen LogP contribution in [0.4, 0.5) is 0 Å². The molecule has 1 unspecified atom stereocenters. The van der Waals surface area contributed by atoms with Gasteiger partial charge in [-0.2, -0.15) is 0 Å². The molecule has 3 aromatic carbocycles. The fraction of sp³-hybridized carbons (Fsp3) is 0.308. The third-order valence-electron chi connectivity index (χ3n) is 5.57. The molecule has 1 aliphatic rings. The molecule has 162 valence electrons. The summed E-state index contributed by atoms with van der Waals surface area (Å²) in [6.45, 7) is 2.87. The zero-order chi connectivity index (χ0) is 21.5. The Labute approximate surface area is 187 Å². The van der Waals surface area contributed by atoms with Gasteiger partial charge in [-0.3, -0.25) is 0 Å². The quantitative estimate of drug-likeness (QED) is 0.448. The highest BCUT2D eigenvalue weighted by molar-refractivity contribution is 7.81. The molecule has 0 fully saturated rings. The molecule has 1 aliphatic heterocycles. The zero-order valence-electron chi connectivity index (χ0n) is 18.0. The van der Waals surface area contributed by atoms with Crippen LogP contribution >= 0.6 is 0 Å². The summed E-state index contributed by atoms with van der Waals surface area (Å²) in [5.74, 6) is 1.82. The van der Waals surface area contributed by atoms with Crippen molar-refractivity contribution in [1.29, 1.82) is 0 Å². The van der Waals surface area contributed by atoms with E-state index in [1.807, 2.05) is 40.7 Å². The molecule has 0 saturated carbocycles. The first-order valence-electron chi connectivity index (χ1n) is 10.8. The minimum atomic E-state index is -0.907. The van der Waals surface area contributed by atoms with Crippen LogP contribution < -0.4 is 9.47 Å². The van der Waals surface area contributed by atoms with Crippen LogP contribution in [0.2, 0.25) is 0 Å². The number of ether oxygens (including phenoxy) is 2. The Morgan fingerprint density at radius 3 is 2.42 bits per heavy atom. The number of rotatable bonds is 9. The maximum absolute atomic E-state index is 11.7. The lowest BCUT2D eigenvalue weighted by Gasteiger charge is -2.26. The maximum Gasteiger partial charge on any atom is 0.119 e. The van der Waals surface area contributed by atoms with Gasteiger partial charge in [0.15, 0.2) is 0 Å². The summed E-state index contributed by atoms with van der Waals surface area (Å²) in [4.78, 5) is 0. The monoisotopic (exact) mass is 435 g/mol. The average molecular weight is 436 g/mol. The summed E-state index contributed by atoms with van der Waals surface area (Å²) < 4.78 is 25.5. The molecule has 0 radical (unpaired) electrons. The SMILES string of the molecule is CS(=O)N1CCc2cc(OCCCc3ccc(OCc4ccccc4)cc3)ccc2C1. The van der Waals surface area contributed by atoms with Gasteiger partial charge in [0.05, 0.1) is 17.6 Å². The number of fused-ring (bicyclic) bond motifs is 1. The summed E-state index contributed by atoms with van der Waals surface area (Å²) >= 11 is 0. The summed E-state index contributed by atoms with van der Waals surface area (Å²) in [6, 6.07) is 24.8. The summed E-state index contributed by atoms with van der Waals surface area (Å²) in [5, 5.41) is 0. The van der Waals surface area contributed by atoms with E-state index in [-0.39, 0.29) is 0 Å². The average Bonchev–Trinajstić information content (AvgIpc) is 2.81. The third-order valence-corrected chi connectivity index (χ3v) is 6.61. The Balaban J connectivity index is 1.20. The maximum atomic E-state index is 11.7. The van der Waals surface area contributed by atoms with Crippen molar-refractivity contribution in [2.45, 2.75) is 32.4 Å². The second-order valence-electron chi connectivity index (χ2n) is 7.84. The topological polar surface area (TPSA) is 38.8 Å². The minimum Gasteiger partial charge on any atom is -0.494 e. The molecule has 1 heterocycles. The summed E-state index contributed by atoms with van der Waals surface area (Å²) in [5.41, 5.74) is 5.02. The van der Waals surface area contributed by atoms with Crippen molar-refractivity contribution in [2.24, 2.45) is 0 Å². The highest BCUT2D eigenvalue weighted by atomic mass is 32.2. The molecule has 4 rings (SSSR count). The van der Waals surface area contributed by atoms with Gasteiger partial charge in [0, 0.05) is 19.3 Å². The van der Waals surface area contributed by atoms with Crippen LogP contribution in [0, 0.1) is 0 Å². The molecule has 5 heteroatoms. The molecular weight excluding hydrogens is 406 g/mol. The zero-order valence-corrected chi connectivity index (χ0v) is 18.8. The van der Waals surface area contributed by atoms with Crippen LogP contribution in [0.15, 0.2) is 72.8 Å². The van der Waals surface area contributed by atoms with Gasteiger partial charge in [0.25, 0.3) is 0 Å². The van der Waals surface area contributed by atoms with Crippen molar-refractivity contribution in [2.75, 3.05) is 19.4 Å². The molecule has 0 N–H and O–H groups in total. The van der Waals surface area contributed by atoms with Crippen LogP contribution in [-0.2, 0) is 37.0 Å². The summed E-state index contributed by atoms with van der Waals surface area (Å²) in [6.07, 6.45) is 4.60. The van der Waals surface area contributed by atoms with Gasteiger partial charge in [-0.05, 0) is 65.8 Å². The Morgan fingerprint density at radius 1 is 0.871 bits per heavy atom. The predicted octanol–water partition coefficient (Wildman–Crippen LogP) is 4.93. The fourth-order valence-corrected chi connectivity index (χ4v) is 4.44. The van der Waals surface area contributed by atoms with Gasteiger partial charge >= 0.3 is 0 Å². The van der Waals surface area contributed by atoms with Crippen LogP contribution in [0.1, 0.15) is 28.7 Å². The largest absolute Gasteiger partial charge is 0.494 e. The van der Waals surface area contributed by atoms with Crippen molar-refractivity contribution in [1.82, 2.24) is 4.31 Å². The molecular formula is C26H29NO3S. The molecule has 0 bridgehead atoms. The van der Waals surface area contributed by atoms with E-state index in [1.165, 1.54) is 22.3 Å².